The van der Waals surface area contributed by atoms with Crippen LogP contribution in [0.4, 0.5) is 8.78 Å². The highest BCUT2D eigenvalue weighted by Crippen LogP contribution is 2.43. The highest BCUT2D eigenvalue weighted by Gasteiger charge is 2.57. The molecule has 138 valence electrons. The minimum atomic E-state index is -0.853. The van der Waals surface area contributed by atoms with Crippen molar-refractivity contribution < 1.29 is 23.4 Å². The molecular formula is C17H21ClF2N2O3. The van der Waals surface area contributed by atoms with Crippen LogP contribution in [-0.4, -0.2) is 67.3 Å². The first-order valence-electron chi connectivity index (χ1n) is 8.17. The Morgan fingerprint density at radius 2 is 2.04 bits per heavy atom. The standard InChI is InChI=1S/C17H21ClF2N2O3/c1-25-5-4-21-7-12-8-22(10-17(12,9-21)16(23)24)6-11-2-3-13(19)14(18)15(11)20/h2-3,12H,4-10H2,1H3,(H,23,24)/t12-,17-/m0/s1. The van der Waals surface area contributed by atoms with Crippen molar-refractivity contribution in [3.63, 3.8) is 0 Å². The van der Waals surface area contributed by atoms with E-state index in [2.05, 4.69) is 4.90 Å². The second kappa shape index (κ2) is 7.15. The molecule has 2 heterocycles. The number of hydrogen-bond donors (Lipinski definition) is 1. The monoisotopic (exact) mass is 374 g/mol. The fourth-order valence-corrected chi connectivity index (χ4v) is 4.20. The molecule has 1 aromatic carbocycles. The molecule has 0 aliphatic carbocycles. The molecule has 0 amide bonds. The average Bonchev–Trinajstić information content (AvgIpc) is 3.08. The van der Waals surface area contributed by atoms with E-state index in [4.69, 9.17) is 16.3 Å². The number of ether oxygens (including phenoxy) is 1. The topological polar surface area (TPSA) is 53.0 Å². The zero-order valence-corrected chi connectivity index (χ0v) is 14.7. The van der Waals surface area contributed by atoms with Gasteiger partial charge in [0, 0.05) is 57.9 Å². The van der Waals surface area contributed by atoms with Gasteiger partial charge in [0.25, 0.3) is 0 Å². The third-order valence-electron chi connectivity index (χ3n) is 5.30. The van der Waals surface area contributed by atoms with E-state index in [1.54, 1.807) is 7.11 Å². The van der Waals surface area contributed by atoms with E-state index in [1.165, 1.54) is 6.07 Å². The zero-order chi connectivity index (χ0) is 18.2. The van der Waals surface area contributed by atoms with Crippen LogP contribution < -0.4 is 0 Å². The van der Waals surface area contributed by atoms with E-state index in [-0.39, 0.29) is 18.0 Å². The van der Waals surface area contributed by atoms with Gasteiger partial charge in [-0.1, -0.05) is 17.7 Å². The predicted molar refractivity (Wildman–Crippen MR) is 88.5 cm³/mol. The first-order valence-corrected chi connectivity index (χ1v) is 8.54. The van der Waals surface area contributed by atoms with Crippen LogP contribution in [0.5, 0.6) is 0 Å². The molecule has 2 saturated heterocycles. The lowest BCUT2D eigenvalue weighted by molar-refractivity contribution is -0.149. The smallest absolute Gasteiger partial charge is 0.312 e. The van der Waals surface area contributed by atoms with Gasteiger partial charge in [-0.15, -0.1) is 0 Å². The summed E-state index contributed by atoms with van der Waals surface area (Å²) in [5.41, 5.74) is -0.572. The van der Waals surface area contributed by atoms with Crippen molar-refractivity contribution in [3.05, 3.63) is 34.4 Å². The SMILES string of the molecule is COCCN1C[C@H]2CN(Cc3ccc(F)c(Cl)c3F)C[C@@]2(C(=O)O)C1. The third-order valence-corrected chi connectivity index (χ3v) is 5.64. The van der Waals surface area contributed by atoms with Crippen molar-refractivity contribution in [1.82, 2.24) is 9.80 Å². The summed E-state index contributed by atoms with van der Waals surface area (Å²) in [4.78, 5) is 16.0. The highest BCUT2D eigenvalue weighted by molar-refractivity contribution is 6.30. The quantitative estimate of drug-likeness (QED) is 0.773. The van der Waals surface area contributed by atoms with Crippen LogP contribution in [0.1, 0.15) is 5.56 Å². The van der Waals surface area contributed by atoms with Crippen LogP contribution in [0.15, 0.2) is 12.1 Å². The first kappa shape index (κ1) is 18.5. The van der Waals surface area contributed by atoms with E-state index in [0.717, 1.165) is 6.07 Å². The van der Waals surface area contributed by atoms with Crippen LogP contribution in [0, 0.1) is 23.0 Å². The molecular weight excluding hydrogens is 354 g/mol. The van der Waals surface area contributed by atoms with Crippen molar-refractivity contribution in [1.29, 1.82) is 0 Å². The van der Waals surface area contributed by atoms with Crippen molar-refractivity contribution >= 4 is 17.6 Å². The second-order valence-electron chi connectivity index (χ2n) is 6.89. The van der Waals surface area contributed by atoms with E-state index >= 15 is 0 Å². The maximum Gasteiger partial charge on any atom is 0.312 e. The number of carboxylic acids is 1. The fraction of sp³-hybridized carbons (Fsp3) is 0.588. The normalized spacial score (nSPS) is 27.0. The third kappa shape index (κ3) is 3.38. The Morgan fingerprint density at radius 1 is 1.36 bits per heavy atom. The van der Waals surface area contributed by atoms with Gasteiger partial charge in [0.1, 0.15) is 16.7 Å². The molecule has 0 radical (unpaired) electrons. The van der Waals surface area contributed by atoms with E-state index in [0.29, 0.717) is 39.3 Å². The van der Waals surface area contributed by atoms with E-state index in [9.17, 15) is 18.7 Å². The number of hydrogen-bond acceptors (Lipinski definition) is 4. The number of benzene rings is 1. The summed E-state index contributed by atoms with van der Waals surface area (Å²) in [6, 6.07) is 2.50. The van der Waals surface area contributed by atoms with E-state index in [1.807, 2.05) is 4.90 Å². The molecule has 0 unspecified atom stereocenters. The highest BCUT2D eigenvalue weighted by atomic mass is 35.5. The molecule has 0 saturated carbocycles. The fourth-order valence-electron chi connectivity index (χ4n) is 4.02. The molecule has 1 aromatic rings. The van der Waals surface area contributed by atoms with Crippen LogP contribution in [0.25, 0.3) is 0 Å². The Bertz CT molecular complexity index is 676. The van der Waals surface area contributed by atoms with Gasteiger partial charge >= 0.3 is 5.97 Å². The Hall–Kier alpha value is -1.28. The Labute approximate surface area is 150 Å². The number of halogens is 3. The lowest BCUT2D eigenvalue weighted by atomic mass is 9.81. The molecule has 2 aliphatic heterocycles. The molecule has 3 rings (SSSR count). The molecule has 2 fully saturated rings. The van der Waals surface area contributed by atoms with Crippen molar-refractivity contribution in [2.45, 2.75) is 6.54 Å². The lowest BCUT2D eigenvalue weighted by Crippen LogP contribution is -2.41. The van der Waals surface area contributed by atoms with Gasteiger partial charge in [-0.05, 0) is 6.07 Å². The maximum atomic E-state index is 14.1. The van der Waals surface area contributed by atoms with Gasteiger partial charge in [0.15, 0.2) is 0 Å². The summed E-state index contributed by atoms with van der Waals surface area (Å²) in [5, 5.41) is 9.29. The Morgan fingerprint density at radius 3 is 2.68 bits per heavy atom. The van der Waals surface area contributed by atoms with E-state index < -0.39 is 28.0 Å². The van der Waals surface area contributed by atoms with Crippen LogP contribution >= 0.6 is 11.6 Å². The molecule has 0 aromatic heterocycles. The maximum absolute atomic E-state index is 14.1. The number of rotatable bonds is 6. The minimum Gasteiger partial charge on any atom is -0.481 e. The summed E-state index contributed by atoms with van der Waals surface area (Å²) in [6.07, 6.45) is 0. The lowest BCUT2D eigenvalue weighted by Gasteiger charge is -2.25. The van der Waals surface area contributed by atoms with Crippen molar-refractivity contribution in [3.8, 4) is 0 Å². The van der Waals surface area contributed by atoms with Gasteiger partial charge in [-0.25, -0.2) is 8.78 Å². The van der Waals surface area contributed by atoms with Gasteiger partial charge in [0.2, 0.25) is 0 Å². The summed E-state index contributed by atoms with van der Waals surface area (Å²) >= 11 is 5.63. The molecule has 2 atom stereocenters. The summed E-state index contributed by atoms with van der Waals surface area (Å²) in [6.45, 7) is 3.51. The average molecular weight is 375 g/mol. The Kier molecular flexibility index (Phi) is 5.29. The molecule has 2 aliphatic rings. The molecule has 5 nitrogen and oxygen atoms in total. The number of aliphatic carboxylic acids is 1. The van der Waals surface area contributed by atoms with Gasteiger partial charge < -0.3 is 9.84 Å². The number of methoxy groups -OCH3 is 1. The van der Waals surface area contributed by atoms with Crippen LogP contribution in [-0.2, 0) is 16.1 Å². The molecule has 8 heteroatoms. The summed E-state index contributed by atoms with van der Waals surface area (Å²) < 4.78 is 32.5. The van der Waals surface area contributed by atoms with Crippen molar-refractivity contribution in [2.75, 3.05) is 46.4 Å². The number of fused-ring (bicyclic) bond motifs is 1. The zero-order valence-electron chi connectivity index (χ0n) is 14.0. The molecule has 0 bridgehead atoms. The van der Waals surface area contributed by atoms with Gasteiger partial charge in [-0.2, -0.15) is 0 Å². The van der Waals surface area contributed by atoms with Crippen LogP contribution in [0.2, 0.25) is 5.02 Å². The van der Waals surface area contributed by atoms with Crippen molar-refractivity contribution in [2.24, 2.45) is 11.3 Å². The molecule has 0 spiro atoms. The number of carbonyl (C=O) groups is 1. The van der Waals surface area contributed by atoms with Gasteiger partial charge in [-0.3, -0.25) is 14.6 Å². The molecule has 25 heavy (non-hydrogen) atoms. The largest absolute Gasteiger partial charge is 0.481 e. The number of nitrogens with zero attached hydrogens (tertiary/aromatic N) is 2. The number of carboxylic acid groups (broad SMARTS) is 1. The minimum absolute atomic E-state index is 0.0270. The summed E-state index contributed by atoms with van der Waals surface area (Å²) in [7, 11) is 1.62. The summed E-state index contributed by atoms with van der Waals surface area (Å²) in [5.74, 6) is -2.42. The van der Waals surface area contributed by atoms with Gasteiger partial charge in [0.05, 0.1) is 12.0 Å². The first-order chi connectivity index (χ1) is 11.9. The molecule has 1 N–H and O–H groups in total. The number of likely N-dealkylation sites (tertiary alicyclic amines) is 2. The van der Waals surface area contributed by atoms with Crippen LogP contribution in [0.3, 0.4) is 0 Å². The Balaban J connectivity index is 1.72. The predicted octanol–water partition coefficient (Wildman–Crippen LogP) is 2.08. The second-order valence-corrected chi connectivity index (χ2v) is 7.27.